The van der Waals surface area contributed by atoms with Crippen LogP contribution >= 0.6 is 0 Å². The number of carbonyl (C=O) groups is 1. The van der Waals surface area contributed by atoms with Crippen LogP contribution in [-0.4, -0.2) is 91.1 Å². The van der Waals surface area contributed by atoms with Gasteiger partial charge in [-0.15, -0.1) is 0 Å². The van der Waals surface area contributed by atoms with Crippen molar-refractivity contribution < 1.29 is 34.3 Å². The number of rotatable bonds is 41. The van der Waals surface area contributed by atoms with Crippen LogP contribution in [-0.2, 0) is 19.0 Å². The van der Waals surface area contributed by atoms with Crippen molar-refractivity contribution in [2.24, 2.45) is 0 Å². The van der Waals surface area contributed by atoms with Crippen molar-refractivity contribution in [3.8, 4) is 0 Å². The standard InChI is InChI=1S/C43H85NO7/c1-5-7-9-11-13-15-17-19-21-23-25-27-29-31-39(3)51-42(34-44(4)33-40(46)36-49-37-41(47)35-45)38-50-43(48)32-30-28-26-24-22-20-18-16-14-12-10-8-6-2/h40-42,45-47H,3,5-38H2,1-2,4H3. The Hall–Kier alpha value is -1.19. The summed E-state index contributed by atoms with van der Waals surface area (Å²) in [7, 11) is 1.88. The summed E-state index contributed by atoms with van der Waals surface area (Å²) in [5, 5.41) is 28.8. The largest absolute Gasteiger partial charge is 0.490 e. The summed E-state index contributed by atoms with van der Waals surface area (Å²) in [6.07, 6.45) is 32.6. The van der Waals surface area contributed by atoms with Gasteiger partial charge in [0.15, 0.2) is 0 Å². The fourth-order valence-corrected chi connectivity index (χ4v) is 6.53. The number of aliphatic hydroxyl groups excluding tert-OH is 3. The molecule has 0 aliphatic heterocycles. The first-order chi connectivity index (χ1) is 24.8. The second-order valence-electron chi connectivity index (χ2n) is 15.2. The molecule has 51 heavy (non-hydrogen) atoms. The molecule has 8 nitrogen and oxygen atoms in total. The predicted octanol–water partition coefficient (Wildman–Crippen LogP) is 10.1. The molecule has 0 bridgehead atoms. The Kier molecular flexibility index (Phi) is 37.6. The molecule has 8 heteroatoms. The normalized spacial score (nSPS) is 13.4. The zero-order valence-electron chi connectivity index (χ0n) is 33.9. The van der Waals surface area contributed by atoms with Crippen LogP contribution < -0.4 is 0 Å². The molecule has 0 aromatic carbocycles. The number of hydrogen-bond donors (Lipinski definition) is 3. The number of unbranched alkanes of at least 4 members (excludes halogenated alkanes) is 24. The third kappa shape index (κ3) is 36.9. The molecule has 0 fully saturated rings. The van der Waals surface area contributed by atoms with Gasteiger partial charge in [0.25, 0.3) is 0 Å². The average Bonchev–Trinajstić information content (AvgIpc) is 3.11. The molecular weight excluding hydrogens is 642 g/mol. The summed E-state index contributed by atoms with van der Waals surface area (Å²) in [4.78, 5) is 14.5. The third-order valence-electron chi connectivity index (χ3n) is 9.68. The van der Waals surface area contributed by atoms with Crippen molar-refractivity contribution in [1.82, 2.24) is 4.90 Å². The fourth-order valence-electron chi connectivity index (χ4n) is 6.53. The minimum Gasteiger partial charge on any atom is -0.490 e. The third-order valence-corrected chi connectivity index (χ3v) is 9.68. The first-order valence-corrected chi connectivity index (χ1v) is 21.6. The first-order valence-electron chi connectivity index (χ1n) is 21.6. The van der Waals surface area contributed by atoms with Gasteiger partial charge in [0.05, 0.1) is 31.7 Å². The lowest BCUT2D eigenvalue weighted by Gasteiger charge is -2.27. The minimum absolute atomic E-state index is 0.0305. The molecule has 304 valence electrons. The van der Waals surface area contributed by atoms with Crippen molar-refractivity contribution in [1.29, 1.82) is 0 Å². The van der Waals surface area contributed by atoms with Gasteiger partial charge >= 0.3 is 5.97 Å². The summed E-state index contributed by atoms with van der Waals surface area (Å²) >= 11 is 0. The van der Waals surface area contributed by atoms with Crippen molar-refractivity contribution in [2.75, 3.05) is 46.6 Å². The fraction of sp³-hybridized carbons (Fsp3) is 0.930. The van der Waals surface area contributed by atoms with E-state index in [1.165, 1.54) is 141 Å². The number of hydrogen-bond acceptors (Lipinski definition) is 8. The lowest BCUT2D eigenvalue weighted by Crippen LogP contribution is -2.40. The second-order valence-corrected chi connectivity index (χ2v) is 15.2. The number of nitrogens with zero attached hydrogens (tertiary/aromatic N) is 1. The van der Waals surface area contributed by atoms with Gasteiger partial charge in [-0.2, -0.15) is 0 Å². The summed E-state index contributed by atoms with van der Waals surface area (Å²) < 4.78 is 17.2. The maximum atomic E-state index is 12.6. The zero-order valence-corrected chi connectivity index (χ0v) is 33.9. The number of ether oxygens (including phenoxy) is 3. The maximum Gasteiger partial charge on any atom is 0.305 e. The van der Waals surface area contributed by atoms with Crippen LogP contribution in [0.5, 0.6) is 0 Å². The van der Waals surface area contributed by atoms with Crippen LogP contribution in [0, 0.1) is 0 Å². The van der Waals surface area contributed by atoms with E-state index in [1.807, 2.05) is 11.9 Å². The molecule has 0 spiro atoms. The molecule has 0 amide bonds. The van der Waals surface area contributed by atoms with Crippen LogP contribution in [0.4, 0.5) is 0 Å². The van der Waals surface area contributed by atoms with Crippen LogP contribution in [0.1, 0.15) is 194 Å². The predicted molar refractivity (Wildman–Crippen MR) is 213 cm³/mol. The van der Waals surface area contributed by atoms with Crippen LogP contribution in [0.2, 0.25) is 0 Å². The Bertz CT molecular complexity index is 752. The van der Waals surface area contributed by atoms with Gasteiger partial charge in [0.1, 0.15) is 18.8 Å². The zero-order chi connectivity index (χ0) is 37.6. The first kappa shape index (κ1) is 49.8. The topological polar surface area (TPSA) is 109 Å². The monoisotopic (exact) mass is 728 g/mol. The molecule has 0 rings (SSSR count). The summed E-state index contributed by atoms with van der Waals surface area (Å²) in [5.74, 6) is 0.526. The van der Waals surface area contributed by atoms with Gasteiger partial charge in [0, 0.05) is 25.9 Å². The van der Waals surface area contributed by atoms with E-state index in [2.05, 4.69) is 20.4 Å². The Morgan fingerprint density at radius 2 is 0.961 bits per heavy atom. The highest BCUT2D eigenvalue weighted by molar-refractivity contribution is 5.69. The Labute approximate surface area is 315 Å². The van der Waals surface area contributed by atoms with Crippen LogP contribution in [0.25, 0.3) is 0 Å². The van der Waals surface area contributed by atoms with Gasteiger partial charge in [-0.1, -0.05) is 175 Å². The molecule has 0 aromatic rings. The second kappa shape index (κ2) is 38.5. The molecule has 3 unspecified atom stereocenters. The number of carbonyl (C=O) groups excluding carboxylic acids is 1. The molecule has 0 heterocycles. The van der Waals surface area contributed by atoms with E-state index in [0.29, 0.717) is 25.3 Å². The number of esters is 1. The van der Waals surface area contributed by atoms with E-state index in [-0.39, 0.29) is 38.5 Å². The highest BCUT2D eigenvalue weighted by Gasteiger charge is 2.19. The van der Waals surface area contributed by atoms with Crippen molar-refractivity contribution >= 4 is 5.97 Å². The lowest BCUT2D eigenvalue weighted by atomic mass is 10.0. The molecule has 3 atom stereocenters. The molecule has 0 saturated carbocycles. The van der Waals surface area contributed by atoms with Crippen molar-refractivity contribution in [2.45, 2.75) is 212 Å². The number of likely N-dealkylation sites (N-methyl/N-ethyl adjacent to an activating group) is 1. The molecule has 0 saturated heterocycles. The van der Waals surface area contributed by atoms with E-state index in [4.69, 9.17) is 19.3 Å². The van der Waals surface area contributed by atoms with Crippen LogP contribution in [0.3, 0.4) is 0 Å². The van der Waals surface area contributed by atoms with Gasteiger partial charge in [-0.3, -0.25) is 9.69 Å². The van der Waals surface area contributed by atoms with E-state index in [9.17, 15) is 15.0 Å². The SMILES string of the molecule is C=C(CCCCCCCCCCCCCCC)OC(COC(=O)CCCCCCCCCCCCCCC)CN(C)CC(O)COCC(O)CO. The summed E-state index contributed by atoms with van der Waals surface area (Å²) in [6, 6.07) is 0. The summed E-state index contributed by atoms with van der Waals surface area (Å²) in [5.41, 5.74) is 0. The highest BCUT2D eigenvalue weighted by atomic mass is 16.6. The number of allylic oxidation sites excluding steroid dienone is 1. The Morgan fingerprint density at radius 1 is 0.569 bits per heavy atom. The summed E-state index contributed by atoms with van der Waals surface area (Å²) in [6.45, 7) is 9.28. The highest BCUT2D eigenvalue weighted by Crippen LogP contribution is 2.17. The minimum atomic E-state index is -0.956. The molecule has 0 radical (unpaired) electrons. The van der Waals surface area contributed by atoms with Gasteiger partial charge in [0.2, 0.25) is 0 Å². The van der Waals surface area contributed by atoms with E-state index < -0.39 is 12.2 Å². The van der Waals surface area contributed by atoms with Gasteiger partial charge in [-0.05, 0) is 19.9 Å². The Balaban J connectivity index is 4.38. The molecule has 0 aromatic heterocycles. The average molecular weight is 728 g/mol. The smallest absolute Gasteiger partial charge is 0.305 e. The van der Waals surface area contributed by atoms with E-state index in [1.54, 1.807) is 0 Å². The molecule has 0 aliphatic carbocycles. The van der Waals surface area contributed by atoms with Crippen molar-refractivity contribution in [3.63, 3.8) is 0 Å². The quantitative estimate of drug-likeness (QED) is 0.0325. The van der Waals surface area contributed by atoms with E-state index >= 15 is 0 Å². The lowest BCUT2D eigenvalue weighted by molar-refractivity contribution is -0.147. The molecular formula is C43H85NO7. The van der Waals surface area contributed by atoms with E-state index in [0.717, 1.165) is 32.1 Å². The van der Waals surface area contributed by atoms with Gasteiger partial charge < -0.3 is 29.5 Å². The molecule has 0 aliphatic rings. The maximum absolute atomic E-state index is 12.6. The molecule has 3 N–H and O–H groups in total. The van der Waals surface area contributed by atoms with Crippen LogP contribution in [0.15, 0.2) is 12.3 Å². The Morgan fingerprint density at radius 3 is 1.39 bits per heavy atom. The van der Waals surface area contributed by atoms with Gasteiger partial charge in [-0.25, -0.2) is 0 Å². The number of aliphatic hydroxyl groups is 3. The van der Waals surface area contributed by atoms with Crippen molar-refractivity contribution in [3.05, 3.63) is 12.3 Å².